The van der Waals surface area contributed by atoms with Crippen LogP contribution < -0.4 is 4.74 Å². The van der Waals surface area contributed by atoms with Crippen molar-refractivity contribution in [3.05, 3.63) is 58.7 Å². The lowest BCUT2D eigenvalue weighted by atomic mass is 10.1. The molecule has 0 aromatic heterocycles. The van der Waals surface area contributed by atoms with Crippen molar-refractivity contribution >= 4 is 11.6 Å². The van der Waals surface area contributed by atoms with E-state index in [0.29, 0.717) is 5.88 Å². The zero-order valence-electron chi connectivity index (χ0n) is 11.0. The maximum atomic E-state index is 5.95. The smallest absolute Gasteiger partial charge is 0.131 e. The maximum absolute atomic E-state index is 5.95. The van der Waals surface area contributed by atoms with Crippen LogP contribution in [0, 0.1) is 20.8 Å². The van der Waals surface area contributed by atoms with Crippen LogP contribution in [0.2, 0.25) is 0 Å². The van der Waals surface area contributed by atoms with Crippen LogP contribution in [0.5, 0.6) is 11.5 Å². The molecule has 2 aromatic carbocycles. The van der Waals surface area contributed by atoms with Gasteiger partial charge in [-0.3, -0.25) is 0 Å². The number of hydrogen-bond donors (Lipinski definition) is 0. The summed E-state index contributed by atoms with van der Waals surface area (Å²) in [6, 6.07) is 12.2. The Hall–Kier alpha value is -1.47. The molecule has 0 aliphatic rings. The highest BCUT2D eigenvalue weighted by Crippen LogP contribution is 2.28. The molecule has 0 heterocycles. The average molecular weight is 261 g/mol. The van der Waals surface area contributed by atoms with Gasteiger partial charge in [0.25, 0.3) is 0 Å². The Kier molecular flexibility index (Phi) is 3.93. The van der Waals surface area contributed by atoms with Gasteiger partial charge in [-0.1, -0.05) is 23.8 Å². The van der Waals surface area contributed by atoms with E-state index in [-0.39, 0.29) is 0 Å². The van der Waals surface area contributed by atoms with Crippen LogP contribution >= 0.6 is 11.6 Å². The molecule has 2 aromatic rings. The third-order valence-corrected chi connectivity index (χ3v) is 3.35. The molecule has 0 saturated heterocycles. The van der Waals surface area contributed by atoms with Crippen LogP contribution in [-0.4, -0.2) is 0 Å². The van der Waals surface area contributed by atoms with Crippen LogP contribution in [0.25, 0.3) is 0 Å². The molecular weight excluding hydrogens is 244 g/mol. The van der Waals surface area contributed by atoms with E-state index in [9.17, 15) is 0 Å². The summed E-state index contributed by atoms with van der Waals surface area (Å²) in [4.78, 5) is 0. The summed E-state index contributed by atoms with van der Waals surface area (Å²) in [6.45, 7) is 6.23. The molecule has 0 spiro atoms. The van der Waals surface area contributed by atoms with E-state index in [1.165, 1.54) is 16.7 Å². The van der Waals surface area contributed by atoms with Gasteiger partial charge in [0.05, 0.1) is 5.88 Å². The normalized spacial score (nSPS) is 10.4. The molecule has 94 valence electrons. The molecule has 0 fully saturated rings. The van der Waals surface area contributed by atoms with Crippen molar-refractivity contribution in [1.29, 1.82) is 0 Å². The Bertz CT molecular complexity index is 561. The fourth-order valence-corrected chi connectivity index (χ4v) is 2.03. The van der Waals surface area contributed by atoms with E-state index in [0.717, 1.165) is 17.1 Å². The predicted octanol–water partition coefficient (Wildman–Crippen LogP) is 5.14. The van der Waals surface area contributed by atoms with E-state index in [1.807, 2.05) is 24.3 Å². The second-order valence-corrected chi connectivity index (χ2v) is 4.86. The molecule has 0 saturated carbocycles. The Morgan fingerprint density at radius 1 is 0.944 bits per heavy atom. The number of hydrogen-bond acceptors (Lipinski definition) is 1. The summed E-state index contributed by atoms with van der Waals surface area (Å²) in [5.74, 6) is 2.15. The second kappa shape index (κ2) is 5.45. The first-order valence-corrected chi connectivity index (χ1v) is 6.54. The molecule has 18 heavy (non-hydrogen) atoms. The molecule has 2 heteroatoms. The predicted molar refractivity (Wildman–Crippen MR) is 76.7 cm³/mol. The van der Waals surface area contributed by atoms with Gasteiger partial charge in [0.1, 0.15) is 11.5 Å². The summed E-state index contributed by atoms with van der Waals surface area (Å²) in [7, 11) is 0. The van der Waals surface area contributed by atoms with E-state index < -0.39 is 0 Å². The quantitative estimate of drug-likeness (QED) is 0.694. The Morgan fingerprint density at radius 3 is 2.39 bits per heavy atom. The van der Waals surface area contributed by atoms with Gasteiger partial charge >= 0.3 is 0 Å². The van der Waals surface area contributed by atoms with E-state index in [2.05, 4.69) is 32.9 Å². The van der Waals surface area contributed by atoms with Crippen LogP contribution in [-0.2, 0) is 5.88 Å². The van der Waals surface area contributed by atoms with Gasteiger partial charge in [0.15, 0.2) is 0 Å². The zero-order chi connectivity index (χ0) is 13.1. The van der Waals surface area contributed by atoms with Crippen LogP contribution in [0.15, 0.2) is 36.4 Å². The standard InChI is InChI=1S/C16H17ClO/c1-11-4-7-16(14(8-11)10-17)18-15-6-5-12(2)13(3)9-15/h4-9H,10H2,1-3H3. The van der Waals surface area contributed by atoms with Crippen molar-refractivity contribution in [1.82, 2.24) is 0 Å². The van der Waals surface area contributed by atoms with Crippen molar-refractivity contribution in [3.63, 3.8) is 0 Å². The molecule has 2 rings (SSSR count). The number of halogens is 1. The fraction of sp³-hybridized carbons (Fsp3) is 0.250. The molecule has 1 nitrogen and oxygen atoms in total. The summed E-state index contributed by atoms with van der Waals surface area (Å²) < 4.78 is 5.91. The van der Waals surface area contributed by atoms with Crippen molar-refractivity contribution in [2.75, 3.05) is 0 Å². The molecule has 0 bridgehead atoms. The lowest BCUT2D eigenvalue weighted by molar-refractivity contribution is 0.477. The third kappa shape index (κ3) is 2.85. The number of alkyl halides is 1. The minimum atomic E-state index is 0.460. The molecule has 0 unspecified atom stereocenters. The lowest BCUT2D eigenvalue weighted by Crippen LogP contribution is -1.91. The number of ether oxygens (including phenoxy) is 1. The van der Waals surface area contributed by atoms with Crippen molar-refractivity contribution in [3.8, 4) is 11.5 Å². The van der Waals surface area contributed by atoms with Crippen LogP contribution in [0.4, 0.5) is 0 Å². The molecular formula is C16H17ClO. The highest BCUT2D eigenvalue weighted by atomic mass is 35.5. The SMILES string of the molecule is Cc1ccc(Oc2ccc(C)c(C)c2)c(CCl)c1. The van der Waals surface area contributed by atoms with Gasteiger partial charge in [-0.15, -0.1) is 11.6 Å². The number of aryl methyl sites for hydroxylation is 3. The zero-order valence-corrected chi connectivity index (χ0v) is 11.7. The molecule has 0 aliphatic heterocycles. The lowest BCUT2D eigenvalue weighted by Gasteiger charge is -2.11. The van der Waals surface area contributed by atoms with E-state index in [1.54, 1.807) is 0 Å². The third-order valence-electron chi connectivity index (χ3n) is 3.07. The fourth-order valence-electron chi connectivity index (χ4n) is 1.82. The van der Waals surface area contributed by atoms with Crippen molar-refractivity contribution in [2.45, 2.75) is 26.7 Å². The van der Waals surface area contributed by atoms with E-state index in [4.69, 9.17) is 16.3 Å². The first-order chi connectivity index (χ1) is 8.60. The largest absolute Gasteiger partial charge is 0.457 e. The van der Waals surface area contributed by atoms with Gasteiger partial charge < -0.3 is 4.74 Å². The van der Waals surface area contributed by atoms with Crippen molar-refractivity contribution in [2.24, 2.45) is 0 Å². The Morgan fingerprint density at radius 2 is 1.72 bits per heavy atom. The van der Waals surface area contributed by atoms with E-state index >= 15 is 0 Å². The molecule has 0 amide bonds. The topological polar surface area (TPSA) is 9.23 Å². The Balaban J connectivity index is 2.30. The van der Waals surface area contributed by atoms with Gasteiger partial charge in [0, 0.05) is 5.56 Å². The highest BCUT2D eigenvalue weighted by molar-refractivity contribution is 6.17. The first kappa shape index (κ1) is 13.0. The number of rotatable bonds is 3. The molecule has 0 N–H and O–H groups in total. The van der Waals surface area contributed by atoms with Gasteiger partial charge in [-0.2, -0.15) is 0 Å². The molecule has 0 atom stereocenters. The second-order valence-electron chi connectivity index (χ2n) is 4.59. The Labute approximate surface area is 113 Å². The first-order valence-electron chi connectivity index (χ1n) is 6.01. The number of benzene rings is 2. The molecule has 0 aliphatic carbocycles. The van der Waals surface area contributed by atoms with Gasteiger partial charge in [-0.05, 0) is 50.1 Å². The van der Waals surface area contributed by atoms with Gasteiger partial charge in [-0.25, -0.2) is 0 Å². The van der Waals surface area contributed by atoms with Gasteiger partial charge in [0.2, 0.25) is 0 Å². The highest BCUT2D eigenvalue weighted by Gasteiger charge is 2.05. The molecule has 0 radical (unpaired) electrons. The summed E-state index contributed by atoms with van der Waals surface area (Å²) in [5.41, 5.74) is 4.71. The monoisotopic (exact) mass is 260 g/mol. The summed E-state index contributed by atoms with van der Waals surface area (Å²) >= 11 is 5.95. The maximum Gasteiger partial charge on any atom is 0.131 e. The van der Waals surface area contributed by atoms with Crippen LogP contribution in [0.1, 0.15) is 22.3 Å². The summed E-state index contributed by atoms with van der Waals surface area (Å²) in [6.07, 6.45) is 0. The average Bonchev–Trinajstić information content (AvgIpc) is 2.36. The minimum Gasteiger partial charge on any atom is -0.457 e. The van der Waals surface area contributed by atoms with Crippen molar-refractivity contribution < 1.29 is 4.74 Å². The summed E-state index contributed by atoms with van der Waals surface area (Å²) in [5, 5.41) is 0. The minimum absolute atomic E-state index is 0.460. The van der Waals surface area contributed by atoms with Crippen LogP contribution in [0.3, 0.4) is 0 Å².